The van der Waals surface area contributed by atoms with E-state index < -0.39 is 0 Å². The summed E-state index contributed by atoms with van der Waals surface area (Å²) in [6.07, 6.45) is 5.12. The first-order valence-corrected chi connectivity index (χ1v) is 6.82. The number of hydrogen-bond acceptors (Lipinski definition) is 2. The lowest BCUT2D eigenvalue weighted by Crippen LogP contribution is -2.41. The molecule has 0 saturated heterocycles. The number of nitrogens with zero attached hydrogens (tertiary/aromatic N) is 1. The molecule has 0 aliphatic heterocycles. The van der Waals surface area contributed by atoms with E-state index in [4.69, 9.17) is 5.73 Å². The number of rotatable bonds is 4. The standard InChI is InChI=1S/C15H23FN2/c1-11(17)15(12-7-9-13(16)10-8-12)18(2)14-5-3-4-6-14/h7-11,14-15H,3-6,17H2,1-2H3. The molecular formula is C15H23FN2. The Morgan fingerprint density at radius 3 is 2.28 bits per heavy atom. The highest BCUT2D eigenvalue weighted by molar-refractivity contribution is 5.21. The largest absolute Gasteiger partial charge is 0.326 e. The molecule has 1 fully saturated rings. The number of nitrogens with two attached hydrogens (primary N) is 1. The van der Waals surface area contributed by atoms with Gasteiger partial charge in [0.05, 0.1) is 0 Å². The fraction of sp³-hybridized carbons (Fsp3) is 0.600. The zero-order valence-corrected chi connectivity index (χ0v) is 11.3. The second kappa shape index (κ2) is 5.81. The molecule has 0 amide bonds. The van der Waals surface area contributed by atoms with Crippen LogP contribution < -0.4 is 5.73 Å². The second-order valence-electron chi connectivity index (χ2n) is 5.46. The summed E-state index contributed by atoms with van der Waals surface area (Å²) in [5.74, 6) is -0.189. The maximum absolute atomic E-state index is 13.0. The van der Waals surface area contributed by atoms with E-state index in [1.807, 2.05) is 19.1 Å². The summed E-state index contributed by atoms with van der Waals surface area (Å²) in [5, 5.41) is 0. The highest BCUT2D eigenvalue weighted by Crippen LogP contribution is 2.31. The Labute approximate surface area is 109 Å². The molecule has 2 rings (SSSR count). The van der Waals surface area contributed by atoms with Gasteiger partial charge in [0.2, 0.25) is 0 Å². The molecule has 2 N–H and O–H groups in total. The van der Waals surface area contributed by atoms with Crippen molar-refractivity contribution in [3.63, 3.8) is 0 Å². The van der Waals surface area contributed by atoms with Gasteiger partial charge in [0.1, 0.15) is 5.82 Å². The average molecular weight is 250 g/mol. The monoisotopic (exact) mass is 250 g/mol. The fourth-order valence-corrected chi connectivity index (χ4v) is 3.11. The van der Waals surface area contributed by atoms with E-state index in [-0.39, 0.29) is 17.9 Å². The quantitative estimate of drug-likeness (QED) is 0.889. The van der Waals surface area contributed by atoms with Crippen LogP contribution in [0.1, 0.15) is 44.2 Å². The molecule has 100 valence electrons. The van der Waals surface area contributed by atoms with Crippen molar-refractivity contribution in [1.82, 2.24) is 4.90 Å². The normalized spacial score (nSPS) is 20.3. The van der Waals surface area contributed by atoms with Gasteiger partial charge in [-0.15, -0.1) is 0 Å². The molecule has 0 spiro atoms. The SMILES string of the molecule is CC(N)C(c1ccc(F)cc1)N(C)C1CCCC1. The van der Waals surface area contributed by atoms with Crippen molar-refractivity contribution in [1.29, 1.82) is 0 Å². The predicted octanol–water partition coefficient (Wildman–Crippen LogP) is 3.09. The van der Waals surface area contributed by atoms with Crippen LogP contribution in [-0.2, 0) is 0 Å². The van der Waals surface area contributed by atoms with Gasteiger partial charge in [-0.2, -0.15) is 0 Å². The summed E-state index contributed by atoms with van der Waals surface area (Å²) in [4.78, 5) is 2.38. The summed E-state index contributed by atoms with van der Waals surface area (Å²) in [6, 6.07) is 7.59. The van der Waals surface area contributed by atoms with Crippen LogP contribution in [0, 0.1) is 5.82 Å². The van der Waals surface area contributed by atoms with Crippen molar-refractivity contribution < 1.29 is 4.39 Å². The van der Waals surface area contributed by atoms with E-state index in [9.17, 15) is 4.39 Å². The van der Waals surface area contributed by atoms with Gasteiger partial charge in [0.25, 0.3) is 0 Å². The Balaban J connectivity index is 2.19. The molecule has 1 aromatic carbocycles. The molecule has 1 saturated carbocycles. The highest BCUT2D eigenvalue weighted by atomic mass is 19.1. The van der Waals surface area contributed by atoms with E-state index in [1.165, 1.54) is 37.8 Å². The van der Waals surface area contributed by atoms with Gasteiger partial charge >= 0.3 is 0 Å². The summed E-state index contributed by atoms with van der Waals surface area (Å²) < 4.78 is 13.0. The molecule has 0 heterocycles. The molecule has 3 heteroatoms. The third kappa shape index (κ3) is 2.90. The fourth-order valence-electron chi connectivity index (χ4n) is 3.11. The van der Waals surface area contributed by atoms with Crippen LogP contribution in [-0.4, -0.2) is 24.0 Å². The van der Waals surface area contributed by atoms with Crippen LogP contribution in [0.3, 0.4) is 0 Å². The van der Waals surface area contributed by atoms with E-state index in [0.717, 1.165) is 5.56 Å². The van der Waals surface area contributed by atoms with Crippen molar-refractivity contribution in [2.75, 3.05) is 7.05 Å². The molecule has 18 heavy (non-hydrogen) atoms. The van der Waals surface area contributed by atoms with Gasteiger partial charge in [-0.1, -0.05) is 25.0 Å². The Hall–Kier alpha value is -0.930. The number of hydrogen-bond donors (Lipinski definition) is 1. The van der Waals surface area contributed by atoms with Crippen molar-refractivity contribution in [3.8, 4) is 0 Å². The predicted molar refractivity (Wildman–Crippen MR) is 72.8 cm³/mol. The van der Waals surface area contributed by atoms with Crippen molar-refractivity contribution in [3.05, 3.63) is 35.6 Å². The third-order valence-electron chi connectivity index (χ3n) is 4.05. The maximum atomic E-state index is 13.0. The molecule has 1 aromatic rings. The first-order chi connectivity index (χ1) is 8.59. The lowest BCUT2D eigenvalue weighted by Gasteiger charge is -2.36. The Morgan fingerprint density at radius 2 is 1.78 bits per heavy atom. The summed E-state index contributed by atoms with van der Waals surface area (Å²) in [7, 11) is 2.15. The van der Waals surface area contributed by atoms with E-state index >= 15 is 0 Å². The van der Waals surface area contributed by atoms with Gasteiger partial charge in [0.15, 0.2) is 0 Å². The van der Waals surface area contributed by atoms with Crippen molar-refractivity contribution >= 4 is 0 Å². The molecule has 2 nitrogen and oxygen atoms in total. The van der Waals surface area contributed by atoms with E-state index in [2.05, 4.69) is 11.9 Å². The van der Waals surface area contributed by atoms with Crippen molar-refractivity contribution in [2.24, 2.45) is 5.73 Å². The van der Waals surface area contributed by atoms with Gasteiger partial charge < -0.3 is 5.73 Å². The van der Waals surface area contributed by atoms with Crippen molar-refractivity contribution in [2.45, 2.75) is 50.7 Å². The summed E-state index contributed by atoms with van der Waals surface area (Å²) in [6.45, 7) is 2.03. The van der Waals surface area contributed by atoms with Gasteiger partial charge in [-0.3, -0.25) is 4.90 Å². The van der Waals surface area contributed by atoms with Gasteiger partial charge in [-0.25, -0.2) is 4.39 Å². The van der Waals surface area contributed by atoms with Gasteiger partial charge in [-0.05, 0) is 44.5 Å². The molecule has 1 aliphatic carbocycles. The van der Waals surface area contributed by atoms with E-state index in [0.29, 0.717) is 6.04 Å². The minimum atomic E-state index is -0.189. The lowest BCUT2D eigenvalue weighted by molar-refractivity contribution is 0.157. The Morgan fingerprint density at radius 1 is 1.22 bits per heavy atom. The second-order valence-corrected chi connectivity index (χ2v) is 5.46. The molecular weight excluding hydrogens is 227 g/mol. The van der Waals surface area contributed by atoms with Crippen LogP contribution in [0.15, 0.2) is 24.3 Å². The number of likely N-dealkylation sites (N-methyl/N-ethyl adjacent to an activating group) is 1. The molecule has 0 bridgehead atoms. The zero-order valence-electron chi connectivity index (χ0n) is 11.3. The molecule has 0 aromatic heterocycles. The smallest absolute Gasteiger partial charge is 0.123 e. The molecule has 2 atom stereocenters. The average Bonchev–Trinajstić information content (AvgIpc) is 2.85. The number of benzene rings is 1. The molecule has 0 radical (unpaired) electrons. The van der Waals surface area contributed by atoms with Crippen LogP contribution in [0.2, 0.25) is 0 Å². The molecule has 2 unspecified atom stereocenters. The van der Waals surface area contributed by atoms with Crippen LogP contribution in [0.5, 0.6) is 0 Å². The highest BCUT2D eigenvalue weighted by Gasteiger charge is 2.28. The van der Waals surface area contributed by atoms with Gasteiger partial charge in [0, 0.05) is 18.1 Å². The topological polar surface area (TPSA) is 29.3 Å². The van der Waals surface area contributed by atoms with E-state index in [1.54, 1.807) is 0 Å². The summed E-state index contributed by atoms with van der Waals surface area (Å²) in [5.41, 5.74) is 7.25. The zero-order chi connectivity index (χ0) is 13.1. The minimum absolute atomic E-state index is 0.0426. The van der Waals surface area contributed by atoms with Crippen LogP contribution >= 0.6 is 0 Å². The maximum Gasteiger partial charge on any atom is 0.123 e. The first kappa shape index (κ1) is 13.5. The first-order valence-electron chi connectivity index (χ1n) is 6.82. The third-order valence-corrected chi connectivity index (χ3v) is 4.05. The number of halogens is 1. The Kier molecular flexibility index (Phi) is 4.36. The summed E-state index contributed by atoms with van der Waals surface area (Å²) >= 11 is 0. The van der Waals surface area contributed by atoms with Crippen LogP contribution in [0.25, 0.3) is 0 Å². The lowest BCUT2D eigenvalue weighted by atomic mass is 9.97. The molecule has 1 aliphatic rings. The van der Waals surface area contributed by atoms with Crippen LogP contribution in [0.4, 0.5) is 4.39 Å². The Bertz CT molecular complexity index is 369. The minimum Gasteiger partial charge on any atom is -0.326 e.